The molecule has 0 radical (unpaired) electrons. The summed E-state index contributed by atoms with van der Waals surface area (Å²) < 4.78 is 5.50. The van der Waals surface area contributed by atoms with E-state index in [0.29, 0.717) is 23.2 Å². The van der Waals surface area contributed by atoms with E-state index in [1.54, 1.807) is 17.5 Å². The number of carbonyl (C=O) groups excluding carboxylic acids is 2. The van der Waals surface area contributed by atoms with Gasteiger partial charge in [-0.15, -0.1) is 11.3 Å². The molecule has 0 saturated heterocycles. The summed E-state index contributed by atoms with van der Waals surface area (Å²) in [6.45, 7) is 2.38. The van der Waals surface area contributed by atoms with Gasteiger partial charge in [0, 0.05) is 5.38 Å². The fourth-order valence-electron chi connectivity index (χ4n) is 2.42. The first-order valence-electron chi connectivity index (χ1n) is 8.48. The predicted molar refractivity (Wildman–Crippen MR) is 106 cm³/mol. The van der Waals surface area contributed by atoms with Crippen LogP contribution in [0.15, 0.2) is 60.0 Å². The quantitative estimate of drug-likeness (QED) is 0.649. The van der Waals surface area contributed by atoms with E-state index in [-0.39, 0.29) is 23.9 Å². The molecular formula is C20H19N3O3S. The van der Waals surface area contributed by atoms with Crippen LogP contribution in [0.25, 0.3) is 0 Å². The average Bonchev–Trinajstić information content (AvgIpc) is 3.13. The van der Waals surface area contributed by atoms with Crippen molar-refractivity contribution in [3.63, 3.8) is 0 Å². The van der Waals surface area contributed by atoms with E-state index in [4.69, 9.17) is 4.74 Å². The maximum Gasteiger partial charge on any atom is 0.275 e. The van der Waals surface area contributed by atoms with Gasteiger partial charge >= 0.3 is 0 Å². The molecular weight excluding hydrogens is 362 g/mol. The van der Waals surface area contributed by atoms with Crippen molar-refractivity contribution in [2.45, 2.75) is 13.3 Å². The Labute approximate surface area is 161 Å². The molecule has 7 heteroatoms. The van der Waals surface area contributed by atoms with Crippen LogP contribution in [0.2, 0.25) is 0 Å². The summed E-state index contributed by atoms with van der Waals surface area (Å²) in [5.74, 6) is 0.0612. The second-order valence-electron chi connectivity index (χ2n) is 5.63. The topological polar surface area (TPSA) is 80.3 Å². The number of hydrogen-bond donors (Lipinski definition) is 2. The second kappa shape index (κ2) is 8.95. The van der Waals surface area contributed by atoms with Gasteiger partial charge < -0.3 is 15.4 Å². The molecule has 1 aromatic heterocycles. The first-order valence-corrected chi connectivity index (χ1v) is 9.36. The lowest BCUT2D eigenvalue weighted by Gasteiger charge is -2.10. The van der Waals surface area contributed by atoms with Crippen LogP contribution in [0.1, 0.15) is 23.0 Å². The van der Waals surface area contributed by atoms with Gasteiger partial charge in [0.25, 0.3) is 5.91 Å². The fraction of sp³-hybridized carbons (Fsp3) is 0.150. The molecule has 2 N–H and O–H groups in total. The molecule has 0 saturated carbocycles. The summed E-state index contributed by atoms with van der Waals surface area (Å²) in [5, 5.41) is 7.51. The van der Waals surface area contributed by atoms with Crippen molar-refractivity contribution in [1.82, 2.24) is 4.98 Å². The highest BCUT2D eigenvalue weighted by molar-refractivity contribution is 7.14. The van der Waals surface area contributed by atoms with E-state index in [2.05, 4.69) is 15.6 Å². The van der Waals surface area contributed by atoms with Crippen LogP contribution in [0.5, 0.6) is 5.75 Å². The Bertz CT molecular complexity index is 925. The molecule has 0 atom stereocenters. The molecule has 0 aliphatic carbocycles. The molecule has 27 heavy (non-hydrogen) atoms. The number of carbonyl (C=O) groups is 2. The summed E-state index contributed by atoms with van der Waals surface area (Å²) in [7, 11) is 0. The first-order chi connectivity index (χ1) is 13.2. The Kier molecular flexibility index (Phi) is 6.17. The largest absolute Gasteiger partial charge is 0.492 e. The van der Waals surface area contributed by atoms with Crippen LogP contribution in [0, 0.1) is 0 Å². The van der Waals surface area contributed by atoms with Crippen molar-refractivity contribution < 1.29 is 14.3 Å². The Morgan fingerprint density at radius 1 is 1.04 bits per heavy atom. The van der Waals surface area contributed by atoms with Gasteiger partial charge in [-0.3, -0.25) is 9.59 Å². The number of rotatable bonds is 7. The fourth-order valence-corrected chi connectivity index (χ4v) is 3.12. The predicted octanol–water partition coefficient (Wildman–Crippen LogP) is 3.98. The molecule has 0 spiro atoms. The summed E-state index contributed by atoms with van der Waals surface area (Å²) in [6, 6.07) is 16.6. The van der Waals surface area contributed by atoms with Gasteiger partial charge in [0.05, 0.1) is 18.7 Å². The number of thiazole rings is 1. The van der Waals surface area contributed by atoms with E-state index in [1.165, 1.54) is 11.3 Å². The highest BCUT2D eigenvalue weighted by Crippen LogP contribution is 2.25. The lowest BCUT2D eigenvalue weighted by molar-refractivity contribution is -0.115. The average molecular weight is 381 g/mol. The molecule has 3 rings (SSSR count). The minimum absolute atomic E-state index is 0.177. The van der Waals surface area contributed by atoms with Gasteiger partial charge in [-0.1, -0.05) is 42.5 Å². The zero-order valence-corrected chi connectivity index (χ0v) is 15.6. The molecule has 2 amide bonds. The van der Waals surface area contributed by atoms with Crippen LogP contribution in [0.4, 0.5) is 10.8 Å². The minimum atomic E-state index is -0.359. The van der Waals surface area contributed by atoms with Crippen molar-refractivity contribution >= 4 is 34.0 Å². The van der Waals surface area contributed by atoms with Gasteiger partial charge in [0.2, 0.25) is 5.91 Å². The Balaban J connectivity index is 1.61. The molecule has 1 heterocycles. The SMILES string of the molecule is CCOc1ccccc1NC(=O)c1csc(NC(=O)Cc2ccccc2)n1. The second-order valence-corrected chi connectivity index (χ2v) is 6.49. The molecule has 2 aromatic carbocycles. The third kappa shape index (κ3) is 5.15. The molecule has 0 unspecified atom stereocenters. The Morgan fingerprint density at radius 2 is 1.78 bits per heavy atom. The van der Waals surface area contributed by atoms with Crippen LogP contribution < -0.4 is 15.4 Å². The van der Waals surface area contributed by atoms with Crippen molar-refractivity contribution in [2.75, 3.05) is 17.2 Å². The van der Waals surface area contributed by atoms with E-state index in [9.17, 15) is 9.59 Å². The maximum absolute atomic E-state index is 12.4. The van der Waals surface area contributed by atoms with Crippen LogP contribution in [-0.2, 0) is 11.2 Å². The number of para-hydroxylation sites is 2. The van der Waals surface area contributed by atoms with Gasteiger partial charge in [-0.2, -0.15) is 0 Å². The summed E-state index contributed by atoms with van der Waals surface area (Å²) in [6.07, 6.45) is 0.254. The Morgan fingerprint density at radius 3 is 2.56 bits per heavy atom. The normalized spacial score (nSPS) is 10.3. The van der Waals surface area contributed by atoms with Crippen LogP contribution in [-0.4, -0.2) is 23.4 Å². The monoisotopic (exact) mass is 381 g/mol. The number of nitrogens with zero attached hydrogens (tertiary/aromatic N) is 1. The molecule has 0 aliphatic heterocycles. The summed E-state index contributed by atoms with van der Waals surface area (Å²) >= 11 is 1.21. The molecule has 138 valence electrons. The summed E-state index contributed by atoms with van der Waals surface area (Å²) in [5.41, 5.74) is 1.73. The molecule has 0 fully saturated rings. The van der Waals surface area contributed by atoms with Crippen molar-refractivity contribution in [3.8, 4) is 5.75 Å². The number of aromatic nitrogens is 1. The van der Waals surface area contributed by atoms with E-state index in [1.807, 2.05) is 49.4 Å². The molecule has 0 aliphatic rings. The van der Waals surface area contributed by atoms with Crippen LogP contribution in [0.3, 0.4) is 0 Å². The van der Waals surface area contributed by atoms with Crippen molar-refractivity contribution in [3.05, 3.63) is 71.2 Å². The van der Waals surface area contributed by atoms with Crippen LogP contribution >= 0.6 is 11.3 Å². The lowest BCUT2D eigenvalue weighted by atomic mass is 10.1. The summed E-state index contributed by atoms with van der Waals surface area (Å²) in [4.78, 5) is 28.7. The molecule has 3 aromatic rings. The maximum atomic E-state index is 12.4. The first kappa shape index (κ1) is 18.6. The number of anilines is 2. The molecule has 6 nitrogen and oxygen atoms in total. The standard InChI is InChI=1S/C20H19N3O3S/c1-2-26-17-11-7-6-10-15(17)21-19(25)16-13-27-20(22-16)23-18(24)12-14-8-4-3-5-9-14/h3-11,13H,2,12H2,1H3,(H,21,25)(H,22,23,24). The van der Waals surface area contributed by atoms with Gasteiger partial charge in [-0.25, -0.2) is 4.98 Å². The highest BCUT2D eigenvalue weighted by atomic mass is 32.1. The van der Waals surface area contributed by atoms with E-state index >= 15 is 0 Å². The number of amides is 2. The number of ether oxygens (including phenoxy) is 1. The zero-order chi connectivity index (χ0) is 19.1. The third-order valence-corrected chi connectivity index (χ3v) is 4.38. The number of hydrogen-bond acceptors (Lipinski definition) is 5. The zero-order valence-electron chi connectivity index (χ0n) is 14.8. The third-order valence-electron chi connectivity index (χ3n) is 3.63. The Hall–Kier alpha value is -3.19. The van der Waals surface area contributed by atoms with E-state index < -0.39 is 0 Å². The van der Waals surface area contributed by atoms with Gasteiger partial charge in [0.1, 0.15) is 11.4 Å². The van der Waals surface area contributed by atoms with Gasteiger partial charge in [-0.05, 0) is 24.6 Å². The minimum Gasteiger partial charge on any atom is -0.492 e. The van der Waals surface area contributed by atoms with Gasteiger partial charge in [0.15, 0.2) is 5.13 Å². The van der Waals surface area contributed by atoms with E-state index in [0.717, 1.165) is 5.56 Å². The van der Waals surface area contributed by atoms with Crippen molar-refractivity contribution in [2.24, 2.45) is 0 Å². The van der Waals surface area contributed by atoms with Crippen molar-refractivity contribution in [1.29, 1.82) is 0 Å². The highest BCUT2D eigenvalue weighted by Gasteiger charge is 2.14. The lowest BCUT2D eigenvalue weighted by Crippen LogP contribution is -2.16. The number of nitrogens with one attached hydrogen (secondary N) is 2. The smallest absolute Gasteiger partial charge is 0.275 e. The number of benzene rings is 2. The molecule has 0 bridgehead atoms.